The monoisotopic (exact) mass is 319 g/mol. The van der Waals surface area contributed by atoms with Gasteiger partial charge in [-0.15, -0.1) is 0 Å². The lowest BCUT2D eigenvalue weighted by atomic mass is 9.94. The molecule has 1 aliphatic rings. The molecular formula is C13H13BrF3N. The Morgan fingerprint density at radius 2 is 2.00 bits per heavy atom. The maximum Gasteiger partial charge on any atom is 0.416 e. The fraction of sp³-hybridized carbons (Fsp3) is 0.385. The van der Waals surface area contributed by atoms with Gasteiger partial charge >= 0.3 is 6.18 Å². The standard InChI is InChI=1S/C13H13BrF3N/c14-9-5-6-10(11(7-9)13(15,16)17)12(18)8-3-1-2-4-8/h3,5-7,12H,1-2,4,18H2. The summed E-state index contributed by atoms with van der Waals surface area (Å²) in [4.78, 5) is 0. The van der Waals surface area contributed by atoms with E-state index in [1.54, 1.807) is 6.07 Å². The zero-order chi connectivity index (χ0) is 13.3. The van der Waals surface area contributed by atoms with E-state index in [1.807, 2.05) is 6.08 Å². The van der Waals surface area contributed by atoms with Crippen LogP contribution in [0.1, 0.15) is 36.4 Å². The zero-order valence-electron chi connectivity index (χ0n) is 9.60. The van der Waals surface area contributed by atoms with Gasteiger partial charge in [0.15, 0.2) is 0 Å². The summed E-state index contributed by atoms with van der Waals surface area (Å²) in [5.41, 5.74) is 6.37. The second kappa shape index (κ2) is 5.05. The first-order chi connectivity index (χ1) is 8.39. The summed E-state index contributed by atoms with van der Waals surface area (Å²) in [5.74, 6) is 0. The van der Waals surface area contributed by atoms with Crippen molar-refractivity contribution in [1.29, 1.82) is 0 Å². The van der Waals surface area contributed by atoms with Crippen molar-refractivity contribution in [3.05, 3.63) is 45.4 Å². The van der Waals surface area contributed by atoms with Crippen molar-refractivity contribution in [3.8, 4) is 0 Å². The Balaban J connectivity index is 2.43. The summed E-state index contributed by atoms with van der Waals surface area (Å²) in [7, 11) is 0. The predicted octanol–water partition coefficient (Wildman–Crippen LogP) is 4.58. The van der Waals surface area contributed by atoms with E-state index in [-0.39, 0.29) is 5.56 Å². The first-order valence-corrected chi connectivity index (χ1v) is 6.50. The maximum atomic E-state index is 13.0. The number of halogens is 4. The molecular weight excluding hydrogens is 307 g/mol. The third-order valence-corrected chi connectivity index (χ3v) is 3.62. The Labute approximate surface area is 112 Å². The minimum Gasteiger partial charge on any atom is -0.321 e. The highest BCUT2D eigenvalue weighted by Crippen LogP contribution is 2.39. The van der Waals surface area contributed by atoms with Gasteiger partial charge in [-0.05, 0) is 37.0 Å². The number of nitrogens with two attached hydrogens (primary N) is 1. The van der Waals surface area contributed by atoms with Gasteiger partial charge in [0.1, 0.15) is 0 Å². The van der Waals surface area contributed by atoms with Crippen LogP contribution in [0.25, 0.3) is 0 Å². The van der Waals surface area contributed by atoms with Crippen molar-refractivity contribution in [1.82, 2.24) is 0 Å². The third-order valence-electron chi connectivity index (χ3n) is 3.13. The molecule has 0 amide bonds. The molecule has 0 saturated heterocycles. The summed E-state index contributed by atoms with van der Waals surface area (Å²) in [6, 6.07) is 3.48. The first kappa shape index (κ1) is 13.6. The van der Waals surface area contributed by atoms with Gasteiger partial charge in [0.05, 0.1) is 11.6 Å². The van der Waals surface area contributed by atoms with E-state index >= 15 is 0 Å². The molecule has 18 heavy (non-hydrogen) atoms. The van der Waals surface area contributed by atoms with Crippen LogP contribution in [0, 0.1) is 0 Å². The number of hydrogen-bond acceptors (Lipinski definition) is 1. The highest BCUT2D eigenvalue weighted by atomic mass is 79.9. The van der Waals surface area contributed by atoms with Crippen LogP contribution in [-0.4, -0.2) is 0 Å². The van der Waals surface area contributed by atoms with Crippen LogP contribution in [0.3, 0.4) is 0 Å². The number of hydrogen-bond donors (Lipinski definition) is 1. The number of allylic oxidation sites excluding steroid dienone is 1. The van der Waals surface area contributed by atoms with Crippen LogP contribution in [0.15, 0.2) is 34.3 Å². The Bertz CT molecular complexity index is 480. The smallest absolute Gasteiger partial charge is 0.321 e. The van der Waals surface area contributed by atoms with Crippen molar-refractivity contribution in [2.24, 2.45) is 5.73 Å². The van der Waals surface area contributed by atoms with Gasteiger partial charge in [-0.3, -0.25) is 0 Å². The van der Waals surface area contributed by atoms with Crippen LogP contribution >= 0.6 is 15.9 Å². The lowest BCUT2D eigenvalue weighted by Crippen LogP contribution is -2.18. The lowest BCUT2D eigenvalue weighted by molar-refractivity contribution is -0.138. The van der Waals surface area contributed by atoms with Gasteiger partial charge in [-0.1, -0.05) is 33.6 Å². The van der Waals surface area contributed by atoms with E-state index in [0.29, 0.717) is 4.47 Å². The molecule has 98 valence electrons. The molecule has 0 bridgehead atoms. The quantitative estimate of drug-likeness (QED) is 0.793. The van der Waals surface area contributed by atoms with Crippen molar-refractivity contribution in [2.45, 2.75) is 31.5 Å². The molecule has 0 radical (unpaired) electrons. The zero-order valence-corrected chi connectivity index (χ0v) is 11.2. The van der Waals surface area contributed by atoms with Crippen LogP contribution in [0.4, 0.5) is 13.2 Å². The third kappa shape index (κ3) is 2.78. The van der Waals surface area contributed by atoms with Gasteiger partial charge in [0, 0.05) is 4.47 Å². The average Bonchev–Trinajstić information content (AvgIpc) is 2.80. The SMILES string of the molecule is NC(C1=CCCC1)c1ccc(Br)cc1C(F)(F)F. The molecule has 1 nitrogen and oxygen atoms in total. The largest absolute Gasteiger partial charge is 0.416 e. The molecule has 2 rings (SSSR count). The van der Waals surface area contributed by atoms with Gasteiger partial charge < -0.3 is 5.73 Å². The highest BCUT2D eigenvalue weighted by Gasteiger charge is 2.35. The molecule has 0 spiro atoms. The topological polar surface area (TPSA) is 26.0 Å². The second-order valence-corrected chi connectivity index (χ2v) is 5.29. The normalized spacial score (nSPS) is 17.7. The van der Waals surface area contributed by atoms with Gasteiger partial charge in [0.25, 0.3) is 0 Å². The predicted molar refractivity (Wildman–Crippen MR) is 68.0 cm³/mol. The van der Waals surface area contributed by atoms with E-state index in [1.165, 1.54) is 6.07 Å². The van der Waals surface area contributed by atoms with E-state index in [4.69, 9.17) is 5.73 Å². The van der Waals surface area contributed by atoms with E-state index in [0.717, 1.165) is 30.9 Å². The Morgan fingerprint density at radius 1 is 1.28 bits per heavy atom. The fourth-order valence-corrected chi connectivity index (χ4v) is 2.58. The summed E-state index contributed by atoms with van der Waals surface area (Å²) in [6.07, 6.45) is 0.235. The van der Waals surface area contributed by atoms with Crippen molar-refractivity contribution >= 4 is 15.9 Å². The number of alkyl halides is 3. The van der Waals surface area contributed by atoms with Crippen LogP contribution in [0.2, 0.25) is 0 Å². The van der Waals surface area contributed by atoms with Gasteiger partial charge in [0.2, 0.25) is 0 Å². The molecule has 0 heterocycles. The summed E-state index contributed by atoms with van der Waals surface area (Å²) in [6.45, 7) is 0. The molecule has 1 atom stereocenters. The fourth-order valence-electron chi connectivity index (χ4n) is 2.22. The Hall–Kier alpha value is -0.810. The second-order valence-electron chi connectivity index (χ2n) is 4.38. The molecule has 0 aromatic heterocycles. The maximum absolute atomic E-state index is 13.0. The average molecular weight is 320 g/mol. The molecule has 1 aromatic rings. The lowest BCUT2D eigenvalue weighted by Gasteiger charge is -2.19. The number of rotatable bonds is 2. The summed E-state index contributed by atoms with van der Waals surface area (Å²) < 4.78 is 39.3. The minimum atomic E-state index is -4.38. The van der Waals surface area contributed by atoms with Crippen molar-refractivity contribution in [2.75, 3.05) is 0 Å². The first-order valence-electron chi connectivity index (χ1n) is 5.71. The molecule has 0 saturated carbocycles. The Kier molecular flexibility index (Phi) is 3.82. The van der Waals surface area contributed by atoms with Gasteiger partial charge in [-0.25, -0.2) is 0 Å². The van der Waals surface area contributed by atoms with Crippen molar-refractivity contribution in [3.63, 3.8) is 0 Å². The molecule has 1 aromatic carbocycles. The minimum absolute atomic E-state index is 0.152. The molecule has 2 N–H and O–H groups in total. The molecule has 5 heteroatoms. The number of benzene rings is 1. The molecule has 0 fully saturated rings. The van der Waals surface area contributed by atoms with Crippen LogP contribution < -0.4 is 5.73 Å². The molecule has 0 aliphatic heterocycles. The van der Waals surface area contributed by atoms with E-state index in [2.05, 4.69) is 15.9 Å². The van der Waals surface area contributed by atoms with Crippen LogP contribution in [-0.2, 0) is 6.18 Å². The van der Waals surface area contributed by atoms with Crippen molar-refractivity contribution < 1.29 is 13.2 Å². The van der Waals surface area contributed by atoms with E-state index < -0.39 is 17.8 Å². The van der Waals surface area contributed by atoms with Crippen LogP contribution in [0.5, 0.6) is 0 Å². The molecule has 1 aliphatic carbocycles. The van der Waals surface area contributed by atoms with Gasteiger partial charge in [-0.2, -0.15) is 13.2 Å². The highest BCUT2D eigenvalue weighted by molar-refractivity contribution is 9.10. The van der Waals surface area contributed by atoms with E-state index in [9.17, 15) is 13.2 Å². The summed E-state index contributed by atoms with van der Waals surface area (Å²) >= 11 is 3.07. The molecule has 1 unspecified atom stereocenters. The summed E-state index contributed by atoms with van der Waals surface area (Å²) in [5, 5.41) is 0. The Morgan fingerprint density at radius 3 is 2.56 bits per heavy atom.